The van der Waals surface area contributed by atoms with E-state index in [0.29, 0.717) is 11.3 Å². The first-order valence-electron chi connectivity index (χ1n) is 6.24. The lowest BCUT2D eigenvalue weighted by Crippen LogP contribution is -1.96. The summed E-state index contributed by atoms with van der Waals surface area (Å²) in [5.74, 6) is 4.81. The van der Waals surface area contributed by atoms with Crippen LogP contribution in [0.25, 0.3) is 0 Å². The van der Waals surface area contributed by atoms with E-state index in [1.165, 1.54) is 12.1 Å². The number of hydrogen-bond acceptors (Lipinski definition) is 3. The van der Waals surface area contributed by atoms with Crippen LogP contribution in [0.2, 0.25) is 0 Å². The van der Waals surface area contributed by atoms with Crippen molar-refractivity contribution in [1.29, 1.82) is 5.26 Å². The normalized spacial score (nSPS) is 9.38. The van der Waals surface area contributed by atoms with Crippen molar-refractivity contribution in [1.82, 2.24) is 0 Å². The fraction of sp³-hybridized carbons (Fsp3) is 0.118. The first-order chi connectivity index (χ1) is 10.2. The average molecular weight is 281 g/mol. The molecule has 21 heavy (non-hydrogen) atoms. The van der Waals surface area contributed by atoms with Crippen LogP contribution in [-0.4, -0.2) is 11.7 Å². The van der Waals surface area contributed by atoms with E-state index < -0.39 is 5.82 Å². The molecule has 4 heteroatoms. The maximum absolute atomic E-state index is 13.7. The molecule has 3 nitrogen and oxygen atoms in total. The predicted molar refractivity (Wildman–Crippen MR) is 75.9 cm³/mol. The molecule has 2 aromatic carbocycles. The molecule has 0 bridgehead atoms. The fourth-order valence-corrected chi connectivity index (χ4v) is 1.66. The summed E-state index contributed by atoms with van der Waals surface area (Å²) in [6.45, 7) is -0.0246. The molecule has 0 amide bonds. The SMILES string of the molecule is N#Cc1ccc(COc2ccc(C#CCO)c(F)c2)cc1. The number of rotatable bonds is 3. The summed E-state index contributed by atoms with van der Waals surface area (Å²) in [5.41, 5.74) is 1.69. The second-order valence-corrected chi connectivity index (χ2v) is 4.20. The highest BCUT2D eigenvalue weighted by atomic mass is 19.1. The molecule has 0 aliphatic rings. The maximum Gasteiger partial charge on any atom is 0.142 e. The number of hydrogen-bond donors (Lipinski definition) is 1. The van der Waals surface area contributed by atoms with Gasteiger partial charge in [-0.1, -0.05) is 24.0 Å². The molecule has 0 aromatic heterocycles. The van der Waals surface area contributed by atoms with Gasteiger partial charge in [-0.2, -0.15) is 5.26 Å². The number of halogens is 1. The Morgan fingerprint density at radius 1 is 1.14 bits per heavy atom. The highest BCUT2D eigenvalue weighted by Gasteiger charge is 2.03. The Hall–Kier alpha value is -2.82. The van der Waals surface area contributed by atoms with E-state index in [0.717, 1.165) is 5.56 Å². The van der Waals surface area contributed by atoms with Gasteiger partial charge in [0.1, 0.15) is 24.8 Å². The summed E-state index contributed by atoms with van der Waals surface area (Å²) in [6.07, 6.45) is 0. The van der Waals surface area contributed by atoms with Crippen molar-refractivity contribution in [2.45, 2.75) is 6.61 Å². The zero-order valence-corrected chi connectivity index (χ0v) is 11.1. The quantitative estimate of drug-likeness (QED) is 0.880. The smallest absolute Gasteiger partial charge is 0.142 e. The summed E-state index contributed by atoms with van der Waals surface area (Å²) in [5, 5.41) is 17.3. The van der Waals surface area contributed by atoms with E-state index in [-0.39, 0.29) is 18.8 Å². The first kappa shape index (κ1) is 14.6. The van der Waals surface area contributed by atoms with E-state index in [9.17, 15) is 4.39 Å². The number of benzene rings is 2. The molecule has 0 saturated heterocycles. The Kier molecular flexibility index (Phi) is 4.93. The molecule has 0 aliphatic carbocycles. The third-order valence-electron chi connectivity index (χ3n) is 2.73. The molecular weight excluding hydrogens is 269 g/mol. The topological polar surface area (TPSA) is 53.2 Å². The minimum Gasteiger partial charge on any atom is -0.489 e. The van der Waals surface area contributed by atoms with Crippen LogP contribution in [0.4, 0.5) is 4.39 Å². The van der Waals surface area contributed by atoms with E-state index in [1.807, 2.05) is 6.07 Å². The molecule has 2 rings (SSSR count). The largest absolute Gasteiger partial charge is 0.489 e. The van der Waals surface area contributed by atoms with Crippen molar-refractivity contribution in [3.8, 4) is 23.7 Å². The maximum atomic E-state index is 13.7. The van der Waals surface area contributed by atoms with Gasteiger partial charge in [0, 0.05) is 6.07 Å². The fourth-order valence-electron chi connectivity index (χ4n) is 1.66. The van der Waals surface area contributed by atoms with Crippen LogP contribution in [0.3, 0.4) is 0 Å². The van der Waals surface area contributed by atoms with Gasteiger partial charge in [-0.15, -0.1) is 0 Å². The van der Waals surface area contributed by atoms with Crippen LogP contribution >= 0.6 is 0 Å². The van der Waals surface area contributed by atoms with E-state index in [4.69, 9.17) is 15.1 Å². The lowest BCUT2D eigenvalue weighted by Gasteiger charge is -2.07. The first-order valence-corrected chi connectivity index (χ1v) is 6.24. The summed E-state index contributed by atoms with van der Waals surface area (Å²) in [6, 6.07) is 13.4. The Balaban J connectivity index is 2.03. The zero-order valence-electron chi connectivity index (χ0n) is 11.1. The molecule has 0 spiro atoms. The Bertz CT molecular complexity index is 721. The van der Waals surface area contributed by atoms with Crippen molar-refractivity contribution >= 4 is 0 Å². The van der Waals surface area contributed by atoms with Gasteiger partial charge >= 0.3 is 0 Å². The molecule has 0 unspecified atom stereocenters. The van der Waals surface area contributed by atoms with Crippen molar-refractivity contribution in [3.63, 3.8) is 0 Å². The number of nitriles is 1. The van der Waals surface area contributed by atoms with Crippen LogP contribution in [0, 0.1) is 29.0 Å². The molecule has 0 heterocycles. The zero-order chi connectivity index (χ0) is 15.1. The summed E-state index contributed by atoms with van der Waals surface area (Å²) < 4.78 is 19.2. The number of ether oxygens (including phenoxy) is 1. The Morgan fingerprint density at radius 3 is 2.52 bits per heavy atom. The molecule has 0 atom stereocenters. The molecule has 0 aliphatic heterocycles. The van der Waals surface area contributed by atoms with Gasteiger partial charge in [0.15, 0.2) is 0 Å². The molecule has 104 valence electrons. The van der Waals surface area contributed by atoms with E-state index >= 15 is 0 Å². The molecular formula is C17H12FNO2. The van der Waals surface area contributed by atoms with Crippen molar-refractivity contribution in [2.24, 2.45) is 0 Å². The number of aliphatic hydroxyl groups excluding tert-OH is 1. The highest BCUT2D eigenvalue weighted by molar-refractivity contribution is 5.40. The van der Waals surface area contributed by atoms with E-state index in [2.05, 4.69) is 11.8 Å². The number of nitrogens with zero attached hydrogens (tertiary/aromatic N) is 1. The van der Waals surface area contributed by atoms with Gasteiger partial charge in [0.25, 0.3) is 0 Å². The van der Waals surface area contributed by atoms with Gasteiger partial charge in [0.2, 0.25) is 0 Å². The van der Waals surface area contributed by atoms with Crippen LogP contribution in [0.15, 0.2) is 42.5 Å². The minimum atomic E-state index is -0.492. The lowest BCUT2D eigenvalue weighted by molar-refractivity contribution is 0.304. The number of aliphatic hydroxyl groups is 1. The van der Waals surface area contributed by atoms with Crippen LogP contribution in [0.1, 0.15) is 16.7 Å². The monoisotopic (exact) mass is 281 g/mol. The lowest BCUT2D eigenvalue weighted by atomic mass is 10.1. The molecule has 0 fully saturated rings. The van der Waals surface area contributed by atoms with Gasteiger partial charge in [-0.3, -0.25) is 0 Å². The summed E-state index contributed by atoms with van der Waals surface area (Å²) >= 11 is 0. The van der Waals surface area contributed by atoms with E-state index in [1.54, 1.807) is 30.3 Å². The van der Waals surface area contributed by atoms with Gasteiger partial charge in [0.05, 0.1) is 17.2 Å². The molecule has 0 radical (unpaired) electrons. The second-order valence-electron chi connectivity index (χ2n) is 4.20. The van der Waals surface area contributed by atoms with Crippen molar-refractivity contribution in [2.75, 3.05) is 6.61 Å². The second kappa shape index (κ2) is 7.09. The standard InChI is InChI=1S/C17H12FNO2/c18-17-10-16(8-7-15(17)2-1-9-20)21-12-14-5-3-13(11-19)4-6-14/h3-8,10,20H,9,12H2. The van der Waals surface area contributed by atoms with Crippen molar-refractivity contribution < 1.29 is 14.2 Å². The molecule has 1 N–H and O–H groups in total. The Morgan fingerprint density at radius 2 is 1.90 bits per heavy atom. The van der Waals surface area contributed by atoms with Gasteiger partial charge in [-0.05, 0) is 29.8 Å². The third kappa shape index (κ3) is 4.07. The van der Waals surface area contributed by atoms with Crippen LogP contribution in [0.5, 0.6) is 5.75 Å². The van der Waals surface area contributed by atoms with Gasteiger partial charge < -0.3 is 9.84 Å². The molecule has 0 saturated carbocycles. The van der Waals surface area contributed by atoms with Crippen LogP contribution in [-0.2, 0) is 6.61 Å². The summed E-state index contributed by atoms with van der Waals surface area (Å²) in [7, 11) is 0. The van der Waals surface area contributed by atoms with Crippen LogP contribution < -0.4 is 4.74 Å². The van der Waals surface area contributed by atoms with Crippen molar-refractivity contribution in [3.05, 3.63) is 65.0 Å². The third-order valence-corrected chi connectivity index (χ3v) is 2.73. The predicted octanol–water partition coefficient (Wildman–Crippen LogP) is 2.62. The average Bonchev–Trinajstić information content (AvgIpc) is 2.52. The Labute approximate surface area is 122 Å². The molecule has 2 aromatic rings. The summed E-state index contributed by atoms with van der Waals surface area (Å²) in [4.78, 5) is 0. The van der Waals surface area contributed by atoms with Gasteiger partial charge in [-0.25, -0.2) is 4.39 Å². The minimum absolute atomic E-state index is 0.217. The highest BCUT2D eigenvalue weighted by Crippen LogP contribution is 2.17.